The first-order valence-corrected chi connectivity index (χ1v) is 17.0. The van der Waals surface area contributed by atoms with Crippen molar-refractivity contribution in [3.63, 3.8) is 0 Å². The Labute approximate surface area is 287 Å². The van der Waals surface area contributed by atoms with E-state index in [1.54, 1.807) is 0 Å². The Kier molecular flexibility index (Phi) is 5.63. The van der Waals surface area contributed by atoms with Crippen LogP contribution in [0.4, 0.5) is 0 Å². The van der Waals surface area contributed by atoms with Crippen LogP contribution in [0.5, 0.6) is 0 Å². The van der Waals surface area contributed by atoms with Gasteiger partial charge in [-0.3, -0.25) is 4.57 Å². The van der Waals surface area contributed by atoms with Crippen molar-refractivity contribution in [2.45, 2.75) is 0 Å². The van der Waals surface area contributed by atoms with E-state index in [1.165, 1.54) is 54.1 Å². The molecule has 3 aromatic heterocycles. The fourth-order valence-corrected chi connectivity index (χ4v) is 8.10. The molecular formula is C46H28N4. The Morgan fingerprint density at radius 3 is 1.64 bits per heavy atom. The molecule has 0 aliphatic carbocycles. The highest BCUT2D eigenvalue weighted by Gasteiger charge is 2.22. The molecule has 0 amide bonds. The highest BCUT2D eigenvalue weighted by molar-refractivity contribution is 6.23. The molecule has 0 aliphatic rings. The normalized spacial score (nSPS) is 12.0. The number of rotatable bonds is 3. The second kappa shape index (κ2) is 10.4. The van der Waals surface area contributed by atoms with Crippen molar-refractivity contribution in [3.05, 3.63) is 170 Å². The lowest BCUT2D eigenvalue weighted by atomic mass is 10.0. The average molecular weight is 637 g/mol. The van der Waals surface area contributed by atoms with Crippen molar-refractivity contribution < 1.29 is 0 Å². The van der Waals surface area contributed by atoms with Crippen molar-refractivity contribution in [2.75, 3.05) is 0 Å². The van der Waals surface area contributed by atoms with E-state index >= 15 is 0 Å². The fourth-order valence-electron chi connectivity index (χ4n) is 8.10. The van der Waals surface area contributed by atoms with Gasteiger partial charge in [0.05, 0.1) is 33.1 Å². The largest absolute Gasteiger partial charge is 0.309 e. The van der Waals surface area contributed by atoms with Crippen molar-refractivity contribution in [3.8, 4) is 22.8 Å². The molecule has 0 fully saturated rings. The number of aromatic nitrogens is 4. The topological polar surface area (TPSA) is 35.6 Å². The van der Waals surface area contributed by atoms with E-state index < -0.39 is 0 Å². The molecular weight excluding hydrogens is 609 g/mol. The smallest absolute Gasteiger partial charge is 0.165 e. The van der Waals surface area contributed by atoms with Crippen LogP contribution in [-0.4, -0.2) is 19.1 Å². The molecule has 0 aliphatic heterocycles. The maximum Gasteiger partial charge on any atom is 0.165 e. The van der Waals surface area contributed by atoms with E-state index in [0.717, 1.165) is 44.8 Å². The van der Waals surface area contributed by atoms with Crippen LogP contribution in [0.1, 0.15) is 0 Å². The molecule has 0 saturated carbocycles. The standard InChI is InChI=1S/C46H28N4/c1-2-14-31(15-3-1)45-46(48-38-20-10-9-19-37(38)47-45)50-41-27-23-30-13-5-7-17-34(30)44(41)36-25-24-32(28-42(36)50)49-39-21-11-8-18-35(39)43-33-16-6-4-12-29(33)22-26-40(43)49/h1-28H. The van der Waals surface area contributed by atoms with Crippen LogP contribution in [0, 0.1) is 0 Å². The third-order valence-electron chi connectivity index (χ3n) is 10.3. The predicted molar refractivity (Wildman–Crippen MR) is 209 cm³/mol. The van der Waals surface area contributed by atoms with E-state index in [4.69, 9.17) is 9.97 Å². The van der Waals surface area contributed by atoms with Gasteiger partial charge in [0.25, 0.3) is 0 Å². The number of fused-ring (bicyclic) bond motifs is 11. The summed E-state index contributed by atoms with van der Waals surface area (Å²) in [4.78, 5) is 10.7. The molecule has 0 spiro atoms. The van der Waals surface area contributed by atoms with Gasteiger partial charge in [0.15, 0.2) is 5.82 Å². The van der Waals surface area contributed by atoms with Gasteiger partial charge in [0, 0.05) is 32.8 Å². The minimum absolute atomic E-state index is 0.815. The zero-order valence-electron chi connectivity index (χ0n) is 27.0. The van der Waals surface area contributed by atoms with E-state index in [0.29, 0.717) is 0 Å². The molecule has 50 heavy (non-hydrogen) atoms. The van der Waals surface area contributed by atoms with Gasteiger partial charge >= 0.3 is 0 Å². The van der Waals surface area contributed by atoms with Gasteiger partial charge in [-0.15, -0.1) is 0 Å². The SMILES string of the molecule is c1ccc(-c2nc3ccccc3nc2-n2c3cc(-n4c5ccccc5c5c6ccccc6ccc54)ccc3c3c4ccccc4ccc32)cc1. The lowest BCUT2D eigenvalue weighted by molar-refractivity contribution is 1.08. The first-order valence-electron chi connectivity index (χ1n) is 17.0. The summed E-state index contributed by atoms with van der Waals surface area (Å²) in [5, 5.41) is 9.86. The zero-order chi connectivity index (χ0) is 32.8. The Morgan fingerprint density at radius 2 is 0.920 bits per heavy atom. The molecule has 0 radical (unpaired) electrons. The molecule has 0 bridgehead atoms. The number of hydrogen-bond donors (Lipinski definition) is 0. The molecule has 11 rings (SSSR count). The van der Waals surface area contributed by atoms with Crippen LogP contribution in [0.15, 0.2) is 170 Å². The fraction of sp³-hybridized carbons (Fsp3) is 0. The summed E-state index contributed by atoms with van der Waals surface area (Å²) in [6.07, 6.45) is 0. The quantitative estimate of drug-likeness (QED) is 0.193. The van der Waals surface area contributed by atoms with E-state index in [2.05, 4.69) is 155 Å². The van der Waals surface area contributed by atoms with Crippen LogP contribution < -0.4 is 0 Å². The van der Waals surface area contributed by atoms with Gasteiger partial charge in [0.2, 0.25) is 0 Å². The monoisotopic (exact) mass is 636 g/mol. The first-order chi connectivity index (χ1) is 24.8. The molecule has 0 unspecified atom stereocenters. The summed E-state index contributed by atoms with van der Waals surface area (Å²) in [6.45, 7) is 0. The van der Waals surface area contributed by atoms with Gasteiger partial charge in [-0.2, -0.15) is 0 Å². The minimum Gasteiger partial charge on any atom is -0.309 e. The third-order valence-corrected chi connectivity index (χ3v) is 10.3. The van der Waals surface area contributed by atoms with Gasteiger partial charge in [-0.05, 0) is 64.0 Å². The summed E-state index contributed by atoms with van der Waals surface area (Å²) in [7, 11) is 0. The van der Waals surface area contributed by atoms with Crippen LogP contribution in [0.2, 0.25) is 0 Å². The Hall–Kier alpha value is -6.78. The van der Waals surface area contributed by atoms with Crippen LogP contribution >= 0.6 is 0 Å². The minimum atomic E-state index is 0.815. The third kappa shape index (κ3) is 3.81. The van der Waals surface area contributed by atoms with Gasteiger partial charge in [-0.25, -0.2) is 9.97 Å². The van der Waals surface area contributed by atoms with Crippen LogP contribution in [0.25, 0.3) is 99.0 Å². The summed E-state index contributed by atoms with van der Waals surface area (Å²) >= 11 is 0. The Morgan fingerprint density at radius 1 is 0.360 bits per heavy atom. The molecule has 232 valence electrons. The Bertz CT molecular complexity index is 3150. The van der Waals surface area contributed by atoms with E-state index in [9.17, 15) is 0 Å². The predicted octanol–water partition coefficient (Wildman–Crippen LogP) is 11.8. The average Bonchev–Trinajstić information content (AvgIpc) is 3.70. The van der Waals surface area contributed by atoms with Gasteiger partial charge < -0.3 is 4.57 Å². The summed E-state index contributed by atoms with van der Waals surface area (Å²) in [5.74, 6) is 0.815. The van der Waals surface area contributed by atoms with Gasteiger partial charge in [-0.1, -0.05) is 127 Å². The number of hydrogen-bond acceptors (Lipinski definition) is 2. The van der Waals surface area contributed by atoms with Crippen LogP contribution in [-0.2, 0) is 0 Å². The second-order valence-electron chi connectivity index (χ2n) is 13.0. The van der Waals surface area contributed by atoms with Crippen molar-refractivity contribution in [1.29, 1.82) is 0 Å². The summed E-state index contributed by atoms with van der Waals surface area (Å²) in [6, 6.07) is 60.6. The van der Waals surface area contributed by atoms with Crippen LogP contribution in [0.3, 0.4) is 0 Å². The number of benzene rings is 8. The summed E-state index contributed by atoms with van der Waals surface area (Å²) in [5.41, 5.74) is 9.28. The molecule has 0 N–H and O–H groups in total. The van der Waals surface area contributed by atoms with Crippen molar-refractivity contribution in [2.24, 2.45) is 0 Å². The van der Waals surface area contributed by atoms with E-state index in [-0.39, 0.29) is 0 Å². The maximum atomic E-state index is 5.39. The summed E-state index contributed by atoms with van der Waals surface area (Å²) < 4.78 is 4.76. The highest BCUT2D eigenvalue weighted by atomic mass is 15.1. The number of para-hydroxylation sites is 3. The molecule has 4 nitrogen and oxygen atoms in total. The van der Waals surface area contributed by atoms with Crippen molar-refractivity contribution >= 4 is 76.2 Å². The molecule has 0 saturated heterocycles. The molecule has 11 aromatic rings. The lowest BCUT2D eigenvalue weighted by Gasteiger charge is -2.15. The van der Waals surface area contributed by atoms with E-state index in [1.807, 2.05) is 24.3 Å². The highest BCUT2D eigenvalue weighted by Crippen LogP contribution is 2.42. The molecule has 3 heterocycles. The number of nitrogens with zero attached hydrogens (tertiary/aromatic N) is 4. The molecule has 0 atom stereocenters. The van der Waals surface area contributed by atoms with Gasteiger partial charge in [0.1, 0.15) is 5.69 Å². The second-order valence-corrected chi connectivity index (χ2v) is 13.0. The molecule has 4 heteroatoms. The lowest BCUT2D eigenvalue weighted by Crippen LogP contribution is -2.04. The van der Waals surface area contributed by atoms with Crippen molar-refractivity contribution in [1.82, 2.24) is 19.1 Å². The maximum absolute atomic E-state index is 5.39. The molecule has 8 aromatic carbocycles. The Balaban J connectivity index is 1.30. The first kappa shape index (κ1) is 27.2. The zero-order valence-corrected chi connectivity index (χ0v) is 27.0.